The quantitative estimate of drug-likeness (QED) is 0.354. The van der Waals surface area contributed by atoms with Crippen molar-refractivity contribution in [3.8, 4) is 5.75 Å². The Bertz CT molecular complexity index is 988. The van der Waals surface area contributed by atoms with Crippen LogP contribution in [0.4, 0.5) is 4.39 Å². The van der Waals surface area contributed by atoms with E-state index >= 15 is 0 Å². The van der Waals surface area contributed by atoms with Crippen molar-refractivity contribution in [3.63, 3.8) is 0 Å². The van der Waals surface area contributed by atoms with Gasteiger partial charge < -0.3 is 10.1 Å². The molecule has 7 nitrogen and oxygen atoms in total. The van der Waals surface area contributed by atoms with Crippen molar-refractivity contribution >= 4 is 39.5 Å². The van der Waals surface area contributed by atoms with Gasteiger partial charge in [0, 0.05) is 29.4 Å². The molecule has 9 heteroatoms. The summed E-state index contributed by atoms with van der Waals surface area (Å²) in [6, 6.07) is 8.87. The molecule has 3 aromatic rings. The van der Waals surface area contributed by atoms with Crippen molar-refractivity contribution in [3.05, 3.63) is 57.9 Å². The van der Waals surface area contributed by atoms with Crippen LogP contribution >= 0.6 is 22.6 Å². The van der Waals surface area contributed by atoms with Crippen LogP contribution in [-0.4, -0.2) is 58.5 Å². The lowest BCUT2D eigenvalue weighted by Crippen LogP contribution is -2.37. The lowest BCUT2D eigenvalue weighted by molar-refractivity contribution is 0.0942. The van der Waals surface area contributed by atoms with Crippen LogP contribution in [0.1, 0.15) is 17.4 Å². The summed E-state index contributed by atoms with van der Waals surface area (Å²) < 4.78 is 20.0. The summed E-state index contributed by atoms with van der Waals surface area (Å²) in [7, 11) is 0. The number of pyridine rings is 1. The number of likely N-dealkylation sites (N-methyl/N-ethyl adjacent to an activating group) is 1. The highest BCUT2D eigenvalue weighted by atomic mass is 127. The summed E-state index contributed by atoms with van der Waals surface area (Å²) in [5.74, 6) is -0.738. The number of nitrogens with zero attached hydrogens (tertiary/aromatic N) is 4. The summed E-state index contributed by atoms with van der Waals surface area (Å²) in [6.45, 7) is 4.83. The monoisotopic (exact) mass is 508 g/mol. The molecule has 2 heterocycles. The van der Waals surface area contributed by atoms with Crippen molar-refractivity contribution in [2.75, 3.05) is 32.8 Å². The molecule has 0 atom stereocenters. The van der Waals surface area contributed by atoms with Crippen LogP contribution in [0.15, 0.2) is 42.7 Å². The van der Waals surface area contributed by atoms with E-state index in [0.717, 1.165) is 15.6 Å². The van der Waals surface area contributed by atoms with Crippen molar-refractivity contribution < 1.29 is 13.9 Å². The maximum Gasteiger partial charge on any atom is 0.271 e. The topological polar surface area (TPSA) is 80.2 Å². The second-order valence-electron chi connectivity index (χ2n) is 6.22. The number of aromatic nitrogens is 3. The molecule has 0 unspecified atom stereocenters. The van der Waals surface area contributed by atoms with Gasteiger partial charge in [0.15, 0.2) is 5.75 Å². The highest BCUT2D eigenvalue weighted by molar-refractivity contribution is 14.1. The molecule has 0 fully saturated rings. The van der Waals surface area contributed by atoms with Crippen molar-refractivity contribution in [2.24, 2.45) is 0 Å². The Morgan fingerprint density at radius 3 is 2.90 bits per heavy atom. The van der Waals surface area contributed by atoms with Gasteiger partial charge in [-0.3, -0.25) is 14.7 Å². The zero-order valence-electron chi connectivity index (χ0n) is 15.9. The summed E-state index contributed by atoms with van der Waals surface area (Å²) in [4.78, 5) is 26.7. The van der Waals surface area contributed by atoms with E-state index in [4.69, 9.17) is 4.74 Å². The van der Waals surface area contributed by atoms with E-state index in [9.17, 15) is 9.18 Å². The zero-order chi connectivity index (χ0) is 20.6. The highest BCUT2D eigenvalue weighted by Gasteiger charge is 2.10. The predicted molar refractivity (Wildman–Crippen MR) is 116 cm³/mol. The van der Waals surface area contributed by atoms with E-state index in [2.05, 4.69) is 47.8 Å². The van der Waals surface area contributed by atoms with Crippen LogP contribution in [0.5, 0.6) is 5.75 Å². The first kappa shape index (κ1) is 21.3. The summed E-state index contributed by atoms with van der Waals surface area (Å²) in [5, 5.41) is 2.86. The smallest absolute Gasteiger partial charge is 0.271 e. The molecule has 1 N–H and O–H groups in total. The summed E-state index contributed by atoms with van der Waals surface area (Å²) in [5.41, 5.74) is 1.74. The zero-order valence-corrected chi connectivity index (χ0v) is 18.1. The number of nitrogens with one attached hydrogen (secondary N) is 1. The van der Waals surface area contributed by atoms with Gasteiger partial charge in [-0.25, -0.2) is 9.97 Å². The third-order valence-electron chi connectivity index (χ3n) is 4.29. The number of fused-ring (bicyclic) bond motifs is 1. The minimum absolute atomic E-state index is 0.140. The van der Waals surface area contributed by atoms with Gasteiger partial charge in [-0.05, 0) is 59.5 Å². The van der Waals surface area contributed by atoms with Crippen LogP contribution in [0.25, 0.3) is 11.0 Å². The van der Waals surface area contributed by atoms with E-state index in [1.807, 2.05) is 25.1 Å². The fourth-order valence-corrected chi connectivity index (χ4v) is 3.18. The molecule has 0 saturated heterocycles. The molecule has 0 spiro atoms. The lowest BCUT2D eigenvalue weighted by Gasteiger charge is -2.20. The number of amides is 1. The van der Waals surface area contributed by atoms with Crippen molar-refractivity contribution in [2.45, 2.75) is 6.92 Å². The first-order chi connectivity index (χ1) is 14.1. The Labute approximate surface area is 181 Å². The number of rotatable bonds is 9. The maximum atomic E-state index is 13.5. The Morgan fingerprint density at radius 2 is 2.10 bits per heavy atom. The second-order valence-corrected chi connectivity index (χ2v) is 7.46. The average Bonchev–Trinajstić information content (AvgIpc) is 2.73. The molecule has 0 saturated carbocycles. The number of carbonyl (C=O) groups excluding carboxylic acids is 1. The van der Waals surface area contributed by atoms with Gasteiger partial charge in [0.1, 0.15) is 12.3 Å². The molecule has 1 aromatic carbocycles. The maximum absolute atomic E-state index is 13.5. The number of ether oxygens (including phenoxy) is 1. The molecule has 29 heavy (non-hydrogen) atoms. The van der Waals surface area contributed by atoms with Crippen LogP contribution in [0, 0.1) is 9.52 Å². The molecule has 0 radical (unpaired) electrons. The molecule has 152 valence electrons. The second kappa shape index (κ2) is 10.4. The molecule has 3 rings (SSSR count). The molecule has 1 amide bonds. The molecular formula is C20H21FIN5O2. The van der Waals surface area contributed by atoms with Gasteiger partial charge >= 0.3 is 0 Å². The number of carbonyl (C=O) groups is 1. The standard InChI is InChI=1S/C20H21FIN5O2/c1-2-27(10-11-29-18-4-3-7-23-19(18)21)9-8-24-20(28)17-13-25-16-12-14(22)5-6-15(16)26-17/h3-7,12-13H,2,8-11H2,1H3,(H,24,28)/i21-1. The SMILES string of the molecule is CCN(CCNC(=O)c1cnc2cc(I)ccc2n1)CCOc1cccnc1[18F]. The van der Waals surface area contributed by atoms with E-state index in [1.54, 1.807) is 12.1 Å². The molecule has 0 aliphatic carbocycles. The number of benzene rings is 1. The minimum atomic E-state index is -0.617. The average molecular weight is 508 g/mol. The first-order valence-electron chi connectivity index (χ1n) is 9.23. The Hall–Kier alpha value is -2.40. The number of hydrogen-bond acceptors (Lipinski definition) is 6. The molecule has 0 aliphatic rings. The van der Waals surface area contributed by atoms with Crippen LogP contribution in [0.2, 0.25) is 0 Å². The van der Waals surface area contributed by atoms with E-state index in [-0.39, 0.29) is 17.4 Å². The van der Waals surface area contributed by atoms with Gasteiger partial charge in [0.25, 0.3) is 11.9 Å². The van der Waals surface area contributed by atoms with Crippen molar-refractivity contribution in [1.29, 1.82) is 0 Å². The van der Waals surface area contributed by atoms with Crippen LogP contribution in [-0.2, 0) is 0 Å². The van der Waals surface area contributed by atoms with Gasteiger partial charge in [-0.1, -0.05) is 6.92 Å². The first-order valence-corrected chi connectivity index (χ1v) is 10.3. The van der Waals surface area contributed by atoms with E-state index in [1.165, 1.54) is 12.4 Å². The summed E-state index contributed by atoms with van der Waals surface area (Å²) in [6.07, 6.45) is 2.87. The Morgan fingerprint density at radius 1 is 1.24 bits per heavy atom. The molecule has 0 bridgehead atoms. The van der Waals surface area contributed by atoms with Gasteiger partial charge in [-0.2, -0.15) is 4.39 Å². The Balaban J connectivity index is 1.45. The van der Waals surface area contributed by atoms with Gasteiger partial charge in [0.05, 0.1) is 17.2 Å². The Kier molecular flexibility index (Phi) is 7.64. The molecule has 2 aromatic heterocycles. The molecule has 0 aliphatic heterocycles. The fraction of sp³-hybridized carbons (Fsp3) is 0.300. The van der Waals surface area contributed by atoms with Crippen LogP contribution in [0.3, 0.4) is 0 Å². The van der Waals surface area contributed by atoms with Crippen molar-refractivity contribution in [1.82, 2.24) is 25.2 Å². The fourth-order valence-electron chi connectivity index (χ4n) is 2.70. The van der Waals surface area contributed by atoms with Gasteiger partial charge in [0.2, 0.25) is 0 Å². The summed E-state index contributed by atoms with van der Waals surface area (Å²) >= 11 is 2.21. The van der Waals surface area contributed by atoms with Gasteiger partial charge in [-0.15, -0.1) is 0 Å². The third kappa shape index (κ3) is 6.04. The number of hydrogen-bond donors (Lipinski definition) is 1. The van der Waals surface area contributed by atoms with Crippen LogP contribution < -0.4 is 10.1 Å². The normalized spacial score (nSPS) is 11.0. The minimum Gasteiger partial charge on any atom is -0.487 e. The largest absolute Gasteiger partial charge is 0.487 e. The predicted octanol–water partition coefficient (Wildman–Crippen LogP) is 2.90. The highest BCUT2D eigenvalue weighted by Crippen LogP contribution is 2.14. The molecular weight excluding hydrogens is 487 g/mol. The van der Waals surface area contributed by atoms with E-state index in [0.29, 0.717) is 31.8 Å². The lowest BCUT2D eigenvalue weighted by atomic mass is 10.3. The van der Waals surface area contributed by atoms with E-state index < -0.39 is 5.95 Å². The number of halogens is 2. The third-order valence-corrected chi connectivity index (χ3v) is 4.96.